The van der Waals surface area contributed by atoms with Gasteiger partial charge in [-0.25, -0.2) is 0 Å². The fourth-order valence-corrected chi connectivity index (χ4v) is 4.56. The van der Waals surface area contributed by atoms with Crippen LogP contribution in [0.4, 0.5) is 0 Å². The van der Waals surface area contributed by atoms with Gasteiger partial charge < -0.3 is 15.7 Å². The van der Waals surface area contributed by atoms with Gasteiger partial charge in [-0.15, -0.1) is 11.3 Å². The molecule has 0 saturated heterocycles. The average molecular weight is 336 g/mol. The first-order chi connectivity index (χ1) is 11.1. The van der Waals surface area contributed by atoms with Crippen LogP contribution in [0.3, 0.4) is 0 Å². The molecule has 1 saturated carbocycles. The van der Waals surface area contributed by atoms with Crippen molar-refractivity contribution in [3.8, 4) is 0 Å². The molecule has 2 amide bonds. The summed E-state index contributed by atoms with van der Waals surface area (Å²) in [7, 11) is 0. The number of thiophene rings is 1. The number of hydrogen-bond acceptors (Lipinski definition) is 4. The Morgan fingerprint density at radius 1 is 1.17 bits per heavy atom. The predicted molar refractivity (Wildman–Crippen MR) is 89.7 cm³/mol. The second-order valence-electron chi connectivity index (χ2n) is 6.47. The van der Waals surface area contributed by atoms with Crippen LogP contribution in [0.1, 0.15) is 58.6 Å². The number of carbonyl (C=O) groups is 2. The third-order valence-corrected chi connectivity index (χ3v) is 5.94. The van der Waals surface area contributed by atoms with Gasteiger partial charge in [0.15, 0.2) is 0 Å². The van der Waals surface area contributed by atoms with Crippen molar-refractivity contribution in [2.45, 2.75) is 63.5 Å². The fraction of sp³-hybridized carbons (Fsp3) is 0.647. The van der Waals surface area contributed by atoms with E-state index in [4.69, 9.17) is 0 Å². The van der Waals surface area contributed by atoms with E-state index in [9.17, 15) is 14.7 Å². The van der Waals surface area contributed by atoms with Crippen molar-refractivity contribution < 1.29 is 14.7 Å². The van der Waals surface area contributed by atoms with Crippen molar-refractivity contribution in [3.63, 3.8) is 0 Å². The second kappa shape index (κ2) is 7.45. The van der Waals surface area contributed by atoms with E-state index < -0.39 is 6.10 Å². The predicted octanol–water partition coefficient (Wildman–Crippen LogP) is 1.78. The molecule has 0 radical (unpaired) electrons. The maximum absolute atomic E-state index is 12.2. The van der Waals surface area contributed by atoms with Crippen molar-refractivity contribution in [2.24, 2.45) is 0 Å². The Balaban J connectivity index is 1.48. The lowest BCUT2D eigenvalue weighted by atomic mass is 9.92. The number of nitrogens with one attached hydrogen (secondary N) is 2. The minimum absolute atomic E-state index is 0.0371. The monoisotopic (exact) mass is 336 g/mol. The topological polar surface area (TPSA) is 78.4 Å². The maximum Gasteiger partial charge on any atom is 0.261 e. The van der Waals surface area contributed by atoms with Crippen LogP contribution in [0.2, 0.25) is 0 Å². The molecule has 3 rings (SSSR count). The van der Waals surface area contributed by atoms with E-state index in [1.807, 2.05) is 6.07 Å². The molecule has 1 aromatic rings. The largest absolute Gasteiger partial charge is 0.391 e. The minimum Gasteiger partial charge on any atom is -0.391 e. The van der Waals surface area contributed by atoms with Gasteiger partial charge >= 0.3 is 0 Å². The number of aryl methyl sites for hydroxylation is 2. The lowest BCUT2D eigenvalue weighted by Crippen LogP contribution is -2.48. The van der Waals surface area contributed by atoms with E-state index in [1.54, 1.807) is 11.3 Å². The number of fused-ring (bicyclic) bond motifs is 1. The van der Waals surface area contributed by atoms with Gasteiger partial charge in [0.05, 0.1) is 23.6 Å². The van der Waals surface area contributed by atoms with E-state index >= 15 is 0 Å². The summed E-state index contributed by atoms with van der Waals surface area (Å²) in [6, 6.07) is 1.79. The van der Waals surface area contributed by atoms with Crippen molar-refractivity contribution in [1.29, 1.82) is 0 Å². The summed E-state index contributed by atoms with van der Waals surface area (Å²) in [6.07, 6.45) is 7.61. The van der Waals surface area contributed by atoms with Crippen LogP contribution in [-0.2, 0) is 17.6 Å². The molecule has 126 valence electrons. The number of carbonyl (C=O) groups excluding carboxylic acids is 2. The maximum atomic E-state index is 12.2. The molecule has 3 N–H and O–H groups in total. The van der Waals surface area contributed by atoms with E-state index in [2.05, 4.69) is 10.6 Å². The average Bonchev–Trinajstić information content (AvgIpc) is 2.99. The summed E-state index contributed by atoms with van der Waals surface area (Å²) in [4.78, 5) is 26.2. The molecule has 0 spiro atoms. The van der Waals surface area contributed by atoms with Crippen LogP contribution >= 0.6 is 11.3 Å². The van der Waals surface area contributed by atoms with E-state index in [1.165, 1.54) is 23.3 Å². The number of hydrogen-bond donors (Lipinski definition) is 3. The minimum atomic E-state index is -0.465. The van der Waals surface area contributed by atoms with Gasteiger partial charge in [0.2, 0.25) is 5.91 Å². The molecule has 23 heavy (non-hydrogen) atoms. The SMILES string of the molecule is O=C(CNC(=O)c1cc2c(s1)CCCC2)NC1CCCCC1O. The van der Waals surface area contributed by atoms with Crippen LogP contribution in [0.5, 0.6) is 0 Å². The lowest BCUT2D eigenvalue weighted by molar-refractivity contribution is -0.122. The molecule has 2 atom stereocenters. The second-order valence-corrected chi connectivity index (χ2v) is 7.61. The van der Waals surface area contributed by atoms with Gasteiger partial charge in [-0.3, -0.25) is 9.59 Å². The summed E-state index contributed by atoms with van der Waals surface area (Å²) in [6.45, 7) is -0.0371. The Kier molecular flexibility index (Phi) is 5.33. The Hall–Kier alpha value is -1.40. The molecule has 2 unspecified atom stereocenters. The van der Waals surface area contributed by atoms with Crippen molar-refractivity contribution >= 4 is 23.2 Å². The standard InChI is InChI=1S/C17H24N2O3S/c20-13-7-3-2-6-12(13)19-16(21)10-18-17(22)15-9-11-5-1-4-8-14(11)23-15/h9,12-13,20H,1-8,10H2,(H,18,22)(H,19,21). The number of amides is 2. The van der Waals surface area contributed by atoms with E-state index in [-0.39, 0.29) is 24.4 Å². The summed E-state index contributed by atoms with van der Waals surface area (Å²) < 4.78 is 0. The highest BCUT2D eigenvalue weighted by molar-refractivity contribution is 7.14. The van der Waals surface area contributed by atoms with E-state index in [0.29, 0.717) is 4.88 Å². The van der Waals surface area contributed by atoms with Crippen molar-refractivity contribution in [2.75, 3.05) is 6.54 Å². The van der Waals surface area contributed by atoms with Gasteiger partial charge in [-0.1, -0.05) is 12.8 Å². The van der Waals surface area contributed by atoms with Crippen molar-refractivity contribution in [3.05, 3.63) is 21.4 Å². The zero-order valence-corrected chi connectivity index (χ0v) is 14.1. The first-order valence-corrected chi connectivity index (χ1v) is 9.32. The molecule has 2 aliphatic rings. The van der Waals surface area contributed by atoms with E-state index in [0.717, 1.165) is 38.5 Å². The fourth-order valence-electron chi connectivity index (χ4n) is 3.39. The Morgan fingerprint density at radius 3 is 2.74 bits per heavy atom. The third kappa shape index (κ3) is 4.12. The lowest BCUT2D eigenvalue weighted by Gasteiger charge is -2.28. The molecular formula is C17H24N2O3S. The Bertz CT molecular complexity index is 561. The smallest absolute Gasteiger partial charge is 0.261 e. The summed E-state index contributed by atoms with van der Waals surface area (Å²) in [5.74, 6) is -0.408. The molecule has 1 aromatic heterocycles. The Labute approximate surface area is 140 Å². The molecule has 1 fully saturated rings. The van der Waals surface area contributed by atoms with Gasteiger partial charge in [-0.2, -0.15) is 0 Å². The first kappa shape index (κ1) is 16.5. The molecular weight excluding hydrogens is 312 g/mol. The normalized spacial score (nSPS) is 23.9. The highest BCUT2D eigenvalue weighted by Crippen LogP contribution is 2.29. The molecule has 5 nitrogen and oxygen atoms in total. The van der Waals surface area contributed by atoms with Gasteiger partial charge in [0, 0.05) is 4.88 Å². The quantitative estimate of drug-likeness (QED) is 0.784. The first-order valence-electron chi connectivity index (χ1n) is 8.50. The molecule has 0 aromatic carbocycles. The zero-order chi connectivity index (χ0) is 16.2. The zero-order valence-electron chi connectivity index (χ0n) is 13.3. The van der Waals surface area contributed by atoms with Gasteiger partial charge in [0.25, 0.3) is 5.91 Å². The Morgan fingerprint density at radius 2 is 1.96 bits per heavy atom. The summed E-state index contributed by atoms with van der Waals surface area (Å²) in [5, 5.41) is 15.4. The molecule has 0 aliphatic heterocycles. The highest BCUT2D eigenvalue weighted by Gasteiger charge is 2.24. The van der Waals surface area contributed by atoms with Crippen LogP contribution in [0.15, 0.2) is 6.07 Å². The molecule has 0 bridgehead atoms. The number of rotatable bonds is 4. The van der Waals surface area contributed by atoms with Gasteiger partial charge in [-0.05, 0) is 50.2 Å². The van der Waals surface area contributed by atoms with Crippen LogP contribution in [0, 0.1) is 0 Å². The van der Waals surface area contributed by atoms with Gasteiger partial charge in [0.1, 0.15) is 0 Å². The van der Waals surface area contributed by atoms with Crippen LogP contribution in [-0.4, -0.2) is 35.6 Å². The molecule has 6 heteroatoms. The molecule has 2 aliphatic carbocycles. The van der Waals surface area contributed by atoms with Crippen LogP contribution in [0.25, 0.3) is 0 Å². The van der Waals surface area contributed by atoms with Crippen molar-refractivity contribution in [1.82, 2.24) is 10.6 Å². The number of aliphatic hydroxyl groups excluding tert-OH is 1. The highest BCUT2D eigenvalue weighted by atomic mass is 32.1. The summed E-state index contributed by atoms with van der Waals surface area (Å²) >= 11 is 1.55. The number of aliphatic hydroxyl groups is 1. The van der Waals surface area contributed by atoms with Crippen LogP contribution < -0.4 is 10.6 Å². The summed E-state index contributed by atoms with van der Waals surface area (Å²) in [5.41, 5.74) is 1.29. The molecule has 1 heterocycles. The third-order valence-electron chi connectivity index (χ3n) is 4.71.